The fraction of sp³-hybridized carbons (Fsp3) is 0.423. The van der Waals surface area contributed by atoms with E-state index in [4.69, 9.17) is 15.2 Å². The molecule has 2 aromatic rings. The lowest BCUT2D eigenvalue weighted by Crippen LogP contribution is -2.33. The van der Waals surface area contributed by atoms with Crippen LogP contribution in [-0.4, -0.2) is 33.7 Å². The van der Waals surface area contributed by atoms with E-state index in [1.165, 1.54) is 6.20 Å². The maximum atomic E-state index is 12.1. The fourth-order valence-corrected chi connectivity index (χ4v) is 3.92. The van der Waals surface area contributed by atoms with Gasteiger partial charge in [-0.25, -0.2) is 9.97 Å². The maximum Gasteiger partial charge on any atom is 0.309 e. The third-order valence-corrected chi connectivity index (χ3v) is 5.48. The molecule has 0 aliphatic heterocycles. The molecule has 2 rings (SSSR count). The highest BCUT2D eigenvalue weighted by Crippen LogP contribution is 2.27. The number of carbonyl (C=O) groups is 1. The van der Waals surface area contributed by atoms with Gasteiger partial charge in [0.1, 0.15) is 11.4 Å². The Balaban J connectivity index is 1.93. The van der Waals surface area contributed by atoms with Crippen LogP contribution in [0, 0.1) is 0 Å². The number of pyridine rings is 1. The number of rotatable bonds is 11. The first-order valence-electron chi connectivity index (χ1n) is 11.2. The average Bonchev–Trinajstić information content (AvgIpc) is 3.15. The number of esters is 1. The number of allylic oxidation sites excluding steroid dienone is 3. The minimum Gasteiger partial charge on any atom is -0.460 e. The molecule has 0 fully saturated rings. The number of ether oxygens (including phenoxy) is 2. The zero-order chi connectivity index (χ0) is 25.4. The Morgan fingerprint density at radius 2 is 2.00 bits per heavy atom. The lowest BCUT2D eigenvalue weighted by molar-refractivity contribution is -0.161. The summed E-state index contributed by atoms with van der Waals surface area (Å²) in [5, 5.41) is 4.14. The van der Waals surface area contributed by atoms with E-state index >= 15 is 0 Å². The summed E-state index contributed by atoms with van der Waals surface area (Å²) in [5.41, 5.74) is 6.84. The van der Waals surface area contributed by atoms with Crippen LogP contribution in [0.15, 0.2) is 60.6 Å². The van der Waals surface area contributed by atoms with Gasteiger partial charge < -0.3 is 20.5 Å². The molecular formula is C26H36N4O3S. The van der Waals surface area contributed by atoms with Crippen molar-refractivity contribution in [2.75, 3.05) is 11.9 Å². The second kappa shape index (κ2) is 11.9. The van der Waals surface area contributed by atoms with E-state index in [0.29, 0.717) is 18.8 Å². The van der Waals surface area contributed by atoms with E-state index in [9.17, 15) is 4.79 Å². The van der Waals surface area contributed by atoms with E-state index in [1.54, 1.807) is 17.4 Å². The summed E-state index contributed by atoms with van der Waals surface area (Å²) in [7, 11) is 0. The first-order chi connectivity index (χ1) is 15.9. The molecule has 0 atom stereocenters. The molecule has 3 N–H and O–H groups in total. The minimum atomic E-state index is -0.612. The number of aromatic nitrogens is 2. The quantitative estimate of drug-likeness (QED) is 0.315. The number of anilines is 1. The number of carbonyl (C=O) groups excluding carboxylic acids is 1. The smallest absolute Gasteiger partial charge is 0.309 e. The molecule has 0 aromatic carbocycles. The fourth-order valence-electron chi connectivity index (χ4n) is 3.05. The SMILES string of the molecule is C=C(/C=C(C)\C=C/N)Nc1cccc(-c2cnc(CCOC(C)(C)CC(=O)OC(C)(C)C)s2)n1. The standard InChI is InChI=1S/C26H36N4O3S/c1-18(11-13-27)15-19(2)29-22-10-8-9-20(30-22)21-17-28-23(34-21)12-14-32-26(6,7)16-24(31)33-25(3,4)5/h8-11,13,15,17H,2,12,14,16,27H2,1,3-7H3,(H,29,30)/b13-11-,18-15-. The van der Waals surface area contributed by atoms with Crippen LogP contribution in [0.4, 0.5) is 5.82 Å². The number of thiazole rings is 1. The summed E-state index contributed by atoms with van der Waals surface area (Å²) >= 11 is 1.57. The highest BCUT2D eigenvalue weighted by Gasteiger charge is 2.26. The Morgan fingerprint density at radius 3 is 2.68 bits per heavy atom. The van der Waals surface area contributed by atoms with E-state index in [0.717, 1.165) is 26.8 Å². The van der Waals surface area contributed by atoms with Crippen LogP contribution in [-0.2, 0) is 20.7 Å². The second-order valence-electron chi connectivity index (χ2n) is 9.55. The number of hydrogen-bond donors (Lipinski definition) is 2. The summed E-state index contributed by atoms with van der Waals surface area (Å²) in [6, 6.07) is 5.78. The molecule has 0 radical (unpaired) electrons. The van der Waals surface area contributed by atoms with Gasteiger partial charge in [0.15, 0.2) is 0 Å². The van der Waals surface area contributed by atoms with E-state index in [2.05, 4.69) is 21.9 Å². The van der Waals surface area contributed by atoms with Crippen molar-refractivity contribution in [3.63, 3.8) is 0 Å². The first-order valence-corrected chi connectivity index (χ1v) is 12.0. The van der Waals surface area contributed by atoms with Gasteiger partial charge in [-0.2, -0.15) is 0 Å². The number of nitrogens with zero attached hydrogens (tertiary/aromatic N) is 2. The topological polar surface area (TPSA) is 99.4 Å². The van der Waals surface area contributed by atoms with Crippen molar-refractivity contribution in [1.29, 1.82) is 0 Å². The van der Waals surface area contributed by atoms with Crippen LogP contribution in [0.1, 0.15) is 53.0 Å². The van der Waals surface area contributed by atoms with Crippen molar-refractivity contribution in [3.8, 4) is 10.6 Å². The zero-order valence-electron chi connectivity index (χ0n) is 21.0. The summed E-state index contributed by atoms with van der Waals surface area (Å²) in [5.74, 6) is 0.434. The predicted molar refractivity (Wildman–Crippen MR) is 139 cm³/mol. The average molecular weight is 485 g/mol. The van der Waals surface area contributed by atoms with Crippen molar-refractivity contribution >= 4 is 23.1 Å². The lowest BCUT2D eigenvalue weighted by Gasteiger charge is -2.27. The zero-order valence-corrected chi connectivity index (χ0v) is 21.8. The molecule has 0 unspecified atom stereocenters. The molecular weight excluding hydrogens is 448 g/mol. The molecule has 0 saturated heterocycles. The molecule has 0 amide bonds. The molecule has 0 saturated carbocycles. The van der Waals surface area contributed by atoms with Gasteiger partial charge in [0, 0.05) is 18.3 Å². The van der Waals surface area contributed by atoms with Crippen LogP contribution in [0.25, 0.3) is 10.6 Å². The molecule has 0 spiro atoms. The van der Waals surface area contributed by atoms with Crippen LogP contribution < -0.4 is 11.1 Å². The molecule has 2 aromatic heterocycles. The predicted octanol–water partition coefficient (Wildman–Crippen LogP) is 5.62. The minimum absolute atomic E-state index is 0.194. The van der Waals surface area contributed by atoms with Crippen molar-refractivity contribution in [2.24, 2.45) is 5.73 Å². The first kappa shape index (κ1) is 27.3. The molecule has 7 nitrogen and oxygen atoms in total. The summed E-state index contributed by atoms with van der Waals surface area (Å²) < 4.78 is 11.4. The summed E-state index contributed by atoms with van der Waals surface area (Å²) in [6.45, 7) is 15.8. The van der Waals surface area contributed by atoms with Crippen molar-refractivity contribution in [1.82, 2.24) is 9.97 Å². The van der Waals surface area contributed by atoms with Gasteiger partial charge in [-0.15, -0.1) is 11.3 Å². The van der Waals surface area contributed by atoms with Crippen LogP contribution in [0.5, 0.6) is 0 Å². The number of nitrogens with one attached hydrogen (secondary N) is 1. The maximum absolute atomic E-state index is 12.1. The van der Waals surface area contributed by atoms with Gasteiger partial charge in [-0.3, -0.25) is 4.79 Å². The largest absolute Gasteiger partial charge is 0.460 e. The van der Waals surface area contributed by atoms with Crippen LogP contribution in [0.2, 0.25) is 0 Å². The molecule has 8 heteroatoms. The van der Waals surface area contributed by atoms with E-state index < -0.39 is 11.2 Å². The summed E-state index contributed by atoms with van der Waals surface area (Å²) in [4.78, 5) is 22.3. The van der Waals surface area contributed by atoms with Gasteiger partial charge in [0.2, 0.25) is 0 Å². The van der Waals surface area contributed by atoms with E-state index in [-0.39, 0.29) is 12.4 Å². The normalized spacial score (nSPS) is 12.7. The molecule has 184 valence electrons. The molecule has 0 aliphatic rings. The highest BCUT2D eigenvalue weighted by molar-refractivity contribution is 7.15. The van der Waals surface area contributed by atoms with Crippen LogP contribution >= 0.6 is 11.3 Å². The van der Waals surface area contributed by atoms with E-state index in [1.807, 2.05) is 72.0 Å². The van der Waals surface area contributed by atoms with Gasteiger partial charge in [0.05, 0.1) is 34.2 Å². The van der Waals surface area contributed by atoms with Gasteiger partial charge in [0.25, 0.3) is 0 Å². The Kier molecular flexibility index (Phi) is 9.58. The number of nitrogens with two attached hydrogens (primary N) is 1. The lowest BCUT2D eigenvalue weighted by atomic mass is 10.1. The molecule has 0 aliphatic carbocycles. The Bertz CT molecular complexity index is 1050. The van der Waals surface area contributed by atoms with Gasteiger partial charge in [-0.05, 0) is 77.6 Å². The Labute approximate surface area is 206 Å². The third-order valence-electron chi connectivity index (χ3n) is 4.40. The van der Waals surface area contributed by atoms with Crippen LogP contribution in [0.3, 0.4) is 0 Å². The van der Waals surface area contributed by atoms with Crippen molar-refractivity contribution in [3.05, 3.63) is 65.6 Å². The molecule has 0 bridgehead atoms. The third kappa shape index (κ3) is 9.89. The number of hydrogen-bond acceptors (Lipinski definition) is 8. The monoisotopic (exact) mass is 484 g/mol. The Morgan fingerprint density at radius 1 is 1.26 bits per heavy atom. The second-order valence-corrected chi connectivity index (χ2v) is 10.7. The molecule has 2 heterocycles. The van der Waals surface area contributed by atoms with Gasteiger partial charge >= 0.3 is 5.97 Å². The summed E-state index contributed by atoms with van der Waals surface area (Å²) in [6.07, 6.45) is 7.86. The Hall–Kier alpha value is -2.97. The van der Waals surface area contributed by atoms with Crippen molar-refractivity contribution in [2.45, 2.75) is 65.6 Å². The molecule has 34 heavy (non-hydrogen) atoms. The van der Waals surface area contributed by atoms with Crippen molar-refractivity contribution < 1.29 is 14.3 Å². The highest BCUT2D eigenvalue weighted by atomic mass is 32.1. The van der Waals surface area contributed by atoms with Gasteiger partial charge in [-0.1, -0.05) is 12.6 Å².